The van der Waals surface area contributed by atoms with Crippen LogP contribution >= 0.6 is 0 Å². The predicted molar refractivity (Wildman–Crippen MR) is 145 cm³/mol. The number of hydrogen-bond acceptors (Lipinski definition) is 3. The summed E-state index contributed by atoms with van der Waals surface area (Å²) in [7, 11) is 0. The molecule has 0 spiro atoms. The zero-order valence-electron chi connectivity index (χ0n) is 20.7. The largest absolute Gasteiger partial charge is 0.356 e. The zero-order valence-corrected chi connectivity index (χ0v) is 20.7. The summed E-state index contributed by atoms with van der Waals surface area (Å²) in [4.78, 5) is 25.1. The number of aryl methyl sites for hydroxylation is 2. The van der Waals surface area contributed by atoms with Crippen LogP contribution in [-0.2, 0) is 6.42 Å². The monoisotopic (exact) mass is 479 g/mol. The summed E-state index contributed by atoms with van der Waals surface area (Å²) in [6.07, 6.45) is 4.28. The third kappa shape index (κ3) is 7.15. The van der Waals surface area contributed by atoms with Crippen LogP contribution in [-0.4, -0.2) is 34.9 Å². The quantitative estimate of drug-likeness (QED) is 0.165. The van der Waals surface area contributed by atoms with E-state index in [9.17, 15) is 4.79 Å². The Morgan fingerprint density at radius 3 is 2.11 bits per heavy atom. The van der Waals surface area contributed by atoms with E-state index >= 15 is 0 Å². The molecule has 0 aliphatic heterocycles. The van der Waals surface area contributed by atoms with Gasteiger partial charge in [-0.1, -0.05) is 78.9 Å². The van der Waals surface area contributed by atoms with Gasteiger partial charge in [-0.2, -0.15) is 0 Å². The summed E-state index contributed by atoms with van der Waals surface area (Å²) in [6, 6.07) is 30.2. The fourth-order valence-electron chi connectivity index (χ4n) is 4.21. The van der Waals surface area contributed by atoms with E-state index in [4.69, 9.17) is 4.99 Å². The van der Waals surface area contributed by atoms with E-state index in [1.807, 2.05) is 37.3 Å². The van der Waals surface area contributed by atoms with Crippen molar-refractivity contribution in [3.05, 3.63) is 125 Å². The second-order valence-corrected chi connectivity index (χ2v) is 8.72. The molecule has 0 saturated heterocycles. The fourth-order valence-corrected chi connectivity index (χ4v) is 4.21. The molecule has 0 unspecified atom stereocenters. The molecule has 0 saturated carbocycles. The highest BCUT2D eigenvalue weighted by molar-refractivity contribution is 6.05. The van der Waals surface area contributed by atoms with Gasteiger partial charge in [-0.15, -0.1) is 0 Å². The summed E-state index contributed by atoms with van der Waals surface area (Å²) in [5, 5.41) is 6.31. The second-order valence-electron chi connectivity index (χ2n) is 8.72. The predicted octanol–water partition coefficient (Wildman–Crippen LogP) is 5.25. The average Bonchev–Trinajstić information content (AvgIpc) is 3.34. The summed E-state index contributed by atoms with van der Waals surface area (Å²) in [5.74, 6) is 0.556. The lowest BCUT2D eigenvalue weighted by Gasteiger charge is -2.18. The minimum atomic E-state index is -0.173. The minimum Gasteiger partial charge on any atom is -0.356 e. The third-order valence-electron chi connectivity index (χ3n) is 6.18. The molecular weight excluding hydrogens is 446 g/mol. The van der Waals surface area contributed by atoms with Crippen molar-refractivity contribution in [1.82, 2.24) is 20.6 Å². The van der Waals surface area contributed by atoms with Crippen LogP contribution in [0.5, 0.6) is 0 Å². The molecule has 4 rings (SSSR count). The van der Waals surface area contributed by atoms with E-state index in [0.717, 1.165) is 30.7 Å². The Hall–Kier alpha value is -4.19. The lowest BCUT2D eigenvalue weighted by atomic mass is 9.89. The Morgan fingerprint density at radius 1 is 0.917 bits per heavy atom. The van der Waals surface area contributed by atoms with Crippen molar-refractivity contribution in [2.75, 3.05) is 13.1 Å². The van der Waals surface area contributed by atoms with Gasteiger partial charge in [0, 0.05) is 30.3 Å². The molecule has 3 N–H and O–H groups in total. The molecule has 0 aliphatic rings. The third-order valence-corrected chi connectivity index (χ3v) is 6.18. The maximum atomic E-state index is 12.8. The molecule has 1 heterocycles. The number of benzene rings is 3. The van der Waals surface area contributed by atoms with E-state index < -0.39 is 0 Å². The van der Waals surface area contributed by atoms with Gasteiger partial charge in [-0.25, -0.2) is 4.98 Å². The van der Waals surface area contributed by atoms with Gasteiger partial charge >= 0.3 is 0 Å². The molecule has 1 aromatic heterocycles. The number of H-pyrrole nitrogens is 1. The van der Waals surface area contributed by atoms with Crippen molar-refractivity contribution in [2.45, 2.75) is 32.1 Å². The van der Waals surface area contributed by atoms with E-state index in [1.54, 1.807) is 18.5 Å². The van der Waals surface area contributed by atoms with Crippen molar-refractivity contribution >= 4 is 11.9 Å². The lowest BCUT2D eigenvalue weighted by molar-refractivity contribution is 0.0975. The summed E-state index contributed by atoms with van der Waals surface area (Å²) in [5.41, 5.74) is 5.28. The number of carbonyl (C=O) groups excluding carboxylic acids is 1. The molecular formula is C30H33N5O. The fraction of sp³-hybridized carbons (Fsp3) is 0.233. The van der Waals surface area contributed by atoms with E-state index in [0.29, 0.717) is 24.6 Å². The average molecular weight is 480 g/mol. The molecule has 6 nitrogen and oxygen atoms in total. The summed E-state index contributed by atoms with van der Waals surface area (Å²) >= 11 is 0. The molecule has 0 atom stereocenters. The second kappa shape index (κ2) is 13.0. The summed E-state index contributed by atoms with van der Waals surface area (Å²) in [6.45, 7) is 3.28. The number of aliphatic imine (C=N–C) groups is 1. The first kappa shape index (κ1) is 24.9. The maximum Gasteiger partial charge on any atom is 0.257 e. The van der Waals surface area contributed by atoms with Gasteiger partial charge in [0.25, 0.3) is 5.91 Å². The Kier molecular flexibility index (Phi) is 9.03. The zero-order chi connectivity index (χ0) is 25.0. The summed E-state index contributed by atoms with van der Waals surface area (Å²) < 4.78 is 0. The van der Waals surface area contributed by atoms with Gasteiger partial charge in [-0.05, 0) is 49.4 Å². The number of imidazole rings is 1. The molecule has 0 aliphatic carbocycles. The Balaban J connectivity index is 1.43. The molecule has 4 aromatic rings. The molecule has 184 valence electrons. The smallest absolute Gasteiger partial charge is 0.257 e. The van der Waals surface area contributed by atoms with Crippen LogP contribution in [0.3, 0.4) is 0 Å². The van der Waals surface area contributed by atoms with E-state index in [2.05, 4.69) is 69.1 Å². The first-order chi connectivity index (χ1) is 17.7. The van der Waals surface area contributed by atoms with Gasteiger partial charge in [0.2, 0.25) is 0 Å². The van der Waals surface area contributed by atoms with Gasteiger partial charge in [0.05, 0.1) is 12.0 Å². The Morgan fingerprint density at radius 2 is 1.53 bits per heavy atom. The van der Waals surface area contributed by atoms with Crippen molar-refractivity contribution in [3.8, 4) is 0 Å². The SMILES string of the molecule is Cc1[nH]cnc1CCCN/C(=N/CCC(c1ccccc1)c1ccccc1)NC(=O)c1ccccc1. The maximum absolute atomic E-state index is 12.8. The van der Waals surface area contributed by atoms with Crippen LogP contribution in [0.2, 0.25) is 0 Å². The standard InChI is InChI=1S/C30H33N5O/c1-23-28(34-22-33-23)18-11-20-31-30(35-29(36)26-16-9-4-10-17-26)32-21-19-27(24-12-5-2-6-13-24)25-14-7-3-8-15-25/h2-10,12-17,22,27H,11,18-21H2,1H3,(H,33,34)(H2,31,32,35,36). The number of hydrogen-bond donors (Lipinski definition) is 3. The molecule has 0 radical (unpaired) electrons. The highest BCUT2D eigenvalue weighted by Gasteiger charge is 2.14. The number of nitrogens with one attached hydrogen (secondary N) is 3. The Bertz CT molecular complexity index is 1200. The van der Waals surface area contributed by atoms with Gasteiger partial charge in [0.15, 0.2) is 5.96 Å². The van der Waals surface area contributed by atoms with Crippen LogP contribution in [0.1, 0.15) is 51.6 Å². The number of amides is 1. The first-order valence-electron chi connectivity index (χ1n) is 12.4. The Labute approximate surface area is 212 Å². The van der Waals surface area contributed by atoms with Crippen LogP contribution in [0, 0.1) is 6.92 Å². The molecule has 36 heavy (non-hydrogen) atoms. The highest BCUT2D eigenvalue weighted by Crippen LogP contribution is 2.27. The number of aromatic amines is 1. The normalized spacial score (nSPS) is 11.4. The lowest BCUT2D eigenvalue weighted by Crippen LogP contribution is -2.41. The molecule has 6 heteroatoms. The first-order valence-corrected chi connectivity index (χ1v) is 12.4. The molecule has 0 fully saturated rings. The number of carbonyl (C=O) groups is 1. The van der Waals surface area contributed by atoms with Crippen LogP contribution in [0.25, 0.3) is 0 Å². The molecule has 1 amide bonds. The minimum absolute atomic E-state index is 0.173. The van der Waals surface area contributed by atoms with Crippen LogP contribution in [0.15, 0.2) is 102 Å². The van der Waals surface area contributed by atoms with Crippen molar-refractivity contribution in [3.63, 3.8) is 0 Å². The van der Waals surface area contributed by atoms with Crippen molar-refractivity contribution < 1.29 is 4.79 Å². The highest BCUT2D eigenvalue weighted by atomic mass is 16.1. The van der Waals surface area contributed by atoms with E-state index in [-0.39, 0.29) is 11.8 Å². The van der Waals surface area contributed by atoms with Gasteiger partial charge in [0.1, 0.15) is 0 Å². The van der Waals surface area contributed by atoms with E-state index in [1.165, 1.54) is 11.1 Å². The number of rotatable bonds is 10. The number of aromatic nitrogens is 2. The van der Waals surface area contributed by atoms with Gasteiger partial charge < -0.3 is 10.3 Å². The molecule has 0 bridgehead atoms. The molecule has 3 aromatic carbocycles. The number of nitrogens with zero attached hydrogens (tertiary/aromatic N) is 2. The van der Waals surface area contributed by atoms with Crippen LogP contribution in [0.4, 0.5) is 0 Å². The number of guanidine groups is 1. The van der Waals surface area contributed by atoms with Crippen molar-refractivity contribution in [1.29, 1.82) is 0 Å². The van der Waals surface area contributed by atoms with Gasteiger partial charge in [-0.3, -0.25) is 15.1 Å². The van der Waals surface area contributed by atoms with Crippen LogP contribution < -0.4 is 10.6 Å². The topological polar surface area (TPSA) is 82.2 Å². The van der Waals surface area contributed by atoms with Crippen molar-refractivity contribution in [2.24, 2.45) is 4.99 Å².